The third-order valence-corrected chi connectivity index (χ3v) is 5.47. The standard InChI is InChI=1S/C24H21ClN2O4/c1-30-19-12-13-20(21(14-19)31-2)26-15-22(28)27(18-10-8-17(25)9-11-18)23(24(26)29)16-6-4-3-5-7-16/h3-14,23H,15H2,1-2H3/t23-/m0/s1. The van der Waals surface area contributed by atoms with Crippen LogP contribution in [0.3, 0.4) is 0 Å². The second-order valence-corrected chi connectivity index (χ2v) is 7.45. The van der Waals surface area contributed by atoms with Crippen molar-refractivity contribution in [3.8, 4) is 11.5 Å². The second-order valence-electron chi connectivity index (χ2n) is 7.02. The lowest BCUT2D eigenvalue weighted by atomic mass is 9.99. The number of carbonyl (C=O) groups is 2. The van der Waals surface area contributed by atoms with Crippen LogP contribution in [-0.4, -0.2) is 32.6 Å². The molecule has 1 aliphatic rings. The van der Waals surface area contributed by atoms with Crippen LogP contribution in [-0.2, 0) is 9.59 Å². The average Bonchev–Trinajstić information content (AvgIpc) is 2.81. The zero-order valence-electron chi connectivity index (χ0n) is 17.1. The number of ether oxygens (including phenoxy) is 2. The molecule has 6 nitrogen and oxygen atoms in total. The van der Waals surface area contributed by atoms with Crippen molar-refractivity contribution < 1.29 is 19.1 Å². The number of amides is 2. The largest absolute Gasteiger partial charge is 0.497 e. The Morgan fingerprint density at radius 3 is 2.26 bits per heavy atom. The van der Waals surface area contributed by atoms with E-state index in [-0.39, 0.29) is 18.4 Å². The van der Waals surface area contributed by atoms with Gasteiger partial charge in [-0.1, -0.05) is 41.9 Å². The van der Waals surface area contributed by atoms with E-state index in [2.05, 4.69) is 0 Å². The minimum absolute atomic E-state index is 0.118. The highest BCUT2D eigenvalue weighted by Gasteiger charge is 2.42. The summed E-state index contributed by atoms with van der Waals surface area (Å²) in [5.41, 5.74) is 1.84. The number of nitrogens with zero attached hydrogens (tertiary/aromatic N) is 2. The SMILES string of the molecule is COc1ccc(N2CC(=O)N(c3ccc(Cl)cc3)[C@@H](c3ccccc3)C2=O)c(OC)c1. The first-order valence-corrected chi connectivity index (χ1v) is 10.1. The molecule has 7 heteroatoms. The summed E-state index contributed by atoms with van der Waals surface area (Å²) in [6.45, 7) is -0.118. The molecule has 0 unspecified atom stereocenters. The first-order chi connectivity index (χ1) is 15.0. The lowest BCUT2D eigenvalue weighted by molar-refractivity contribution is -0.128. The lowest BCUT2D eigenvalue weighted by Crippen LogP contribution is -2.56. The molecule has 0 N–H and O–H groups in total. The fourth-order valence-electron chi connectivity index (χ4n) is 3.72. The number of methoxy groups -OCH3 is 2. The topological polar surface area (TPSA) is 59.1 Å². The molecular weight excluding hydrogens is 416 g/mol. The molecule has 1 atom stereocenters. The number of anilines is 2. The van der Waals surface area contributed by atoms with Gasteiger partial charge in [-0.2, -0.15) is 0 Å². The van der Waals surface area contributed by atoms with Gasteiger partial charge in [-0.05, 0) is 42.0 Å². The molecule has 1 aliphatic heterocycles. The number of hydrogen-bond acceptors (Lipinski definition) is 4. The molecule has 158 valence electrons. The Morgan fingerprint density at radius 2 is 1.61 bits per heavy atom. The van der Waals surface area contributed by atoms with Gasteiger partial charge in [-0.25, -0.2) is 0 Å². The molecule has 4 rings (SSSR count). The van der Waals surface area contributed by atoms with E-state index in [0.717, 1.165) is 0 Å². The maximum atomic E-state index is 13.8. The van der Waals surface area contributed by atoms with Crippen molar-refractivity contribution in [1.29, 1.82) is 0 Å². The van der Waals surface area contributed by atoms with Crippen LogP contribution in [0.2, 0.25) is 5.02 Å². The molecule has 0 spiro atoms. The predicted octanol–water partition coefficient (Wildman–Crippen LogP) is 4.48. The van der Waals surface area contributed by atoms with E-state index >= 15 is 0 Å². The molecule has 0 aliphatic carbocycles. The predicted molar refractivity (Wildman–Crippen MR) is 120 cm³/mol. The van der Waals surface area contributed by atoms with Gasteiger partial charge in [0.2, 0.25) is 5.91 Å². The van der Waals surface area contributed by atoms with Gasteiger partial charge in [-0.3, -0.25) is 19.4 Å². The lowest BCUT2D eigenvalue weighted by Gasteiger charge is -2.40. The van der Waals surface area contributed by atoms with E-state index in [1.165, 1.54) is 16.9 Å². The smallest absolute Gasteiger partial charge is 0.255 e. The molecular formula is C24H21ClN2O4. The van der Waals surface area contributed by atoms with Gasteiger partial charge in [0.1, 0.15) is 24.1 Å². The highest BCUT2D eigenvalue weighted by atomic mass is 35.5. The van der Waals surface area contributed by atoms with E-state index in [9.17, 15) is 9.59 Å². The summed E-state index contributed by atoms with van der Waals surface area (Å²) in [4.78, 5) is 30.1. The zero-order valence-corrected chi connectivity index (χ0v) is 17.9. The molecule has 1 fully saturated rings. The first kappa shape index (κ1) is 20.8. The number of piperazine rings is 1. The number of hydrogen-bond donors (Lipinski definition) is 0. The minimum Gasteiger partial charge on any atom is -0.497 e. The van der Waals surface area contributed by atoms with Gasteiger partial charge in [0.15, 0.2) is 0 Å². The Bertz CT molecular complexity index is 1100. The Labute approximate surface area is 185 Å². The molecule has 31 heavy (non-hydrogen) atoms. The molecule has 1 saturated heterocycles. The molecule has 3 aromatic carbocycles. The molecule has 1 heterocycles. The van der Waals surface area contributed by atoms with E-state index in [1.54, 1.807) is 49.6 Å². The first-order valence-electron chi connectivity index (χ1n) is 9.69. The summed E-state index contributed by atoms with van der Waals surface area (Å²) in [7, 11) is 3.07. The van der Waals surface area contributed by atoms with Crippen molar-refractivity contribution in [2.45, 2.75) is 6.04 Å². The number of halogens is 1. The summed E-state index contributed by atoms with van der Waals surface area (Å²) in [5.74, 6) is 0.601. The summed E-state index contributed by atoms with van der Waals surface area (Å²) in [6.07, 6.45) is 0. The van der Waals surface area contributed by atoms with Gasteiger partial charge >= 0.3 is 0 Å². The van der Waals surface area contributed by atoms with Gasteiger partial charge in [0.25, 0.3) is 5.91 Å². The normalized spacial score (nSPS) is 16.4. The van der Waals surface area contributed by atoms with Crippen LogP contribution < -0.4 is 19.3 Å². The highest BCUT2D eigenvalue weighted by molar-refractivity contribution is 6.30. The zero-order chi connectivity index (χ0) is 22.0. The van der Waals surface area contributed by atoms with Crippen molar-refractivity contribution in [1.82, 2.24) is 0 Å². The van der Waals surface area contributed by atoms with Crippen molar-refractivity contribution in [2.24, 2.45) is 0 Å². The number of rotatable bonds is 5. The van der Waals surface area contributed by atoms with E-state index in [4.69, 9.17) is 21.1 Å². The Hall–Kier alpha value is -3.51. The molecule has 2 amide bonds. The summed E-state index contributed by atoms with van der Waals surface area (Å²) in [6, 6.07) is 20.5. The van der Waals surface area contributed by atoms with E-state index < -0.39 is 6.04 Å². The van der Waals surface area contributed by atoms with Crippen molar-refractivity contribution in [2.75, 3.05) is 30.6 Å². The highest BCUT2D eigenvalue weighted by Crippen LogP contribution is 2.39. The number of benzene rings is 3. The second kappa shape index (κ2) is 8.70. The van der Waals surface area contributed by atoms with Crippen LogP contribution in [0.4, 0.5) is 11.4 Å². The van der Waals surface area contributed by atoms with Gasteiger partial charge < -0.3 is 9.47 Å². The van der Waals surface area contributed by atoms with Crippen molar-refractivity contribution in [3.63, 3.8) is 0 Å². The van der Waals surface area contributed by atoms with Gasteiger partial charge in [0.05, 0.1) is 19.9 Å². The monoisotopic (exact) mass is 436 g/mol. The quantitative estimate of drug-likeness (QED) is 0.591. The van der Waals surface area contributed by atoms with Crippen molar-refractivity contribution >= 4 is 34.8 Å². The average molecular weight is 437 g/mol. The molecule has 3 aromatic rings. The summed E-state index contributed by atoms with van der Waals surface area (Å²) < 4.78 is 10.7. The fraction of sp³-hybridized carbons (Fsp3) is 0.167. The van der Waals surface area contributed by atoms with Gasteiger partial charge in [0, 0.05) is 16.8 Å². The Balaban J connectivity index is 1.81. The maximum absolute atomic E-state index is 13.8. The van der Waals surface area contributed by atoms with Crippen LogP contribution in [0.25, 0.3) is 0 Å². The van der Waals surface area contributed by atoms with Crippen molar-refractivity contribution in [3.05, 3.63) is 83.4 Å². The Morgan fingerprint density at radius 1 is 0.903 bits per heavy atom. The van der Waals surface area contributed by atoms with Crippen LogP contribution in [0.5, 0.6) is 11.5 Å². The molecule has 0 aromatic heterocycles. The fourth-order valence-corrected chi connectivity index (χ4v) is 3.85. The van der Waals surface area contributed by atoms with E-state index in [0.29, 0.717) is 33.5 Å². The third kappa shape index (κ3) is 3.94. The van der Waals surface area contributed by atoms with Gasteiger partial charge in [-0.15, -0.1) is 0 Å². The number of carbonyl (C=O) groups excluding carboxylic acids is 2. The maximum Gasteiger partial charge on any atom is 0.255 e. The van der Waals surface area contributed by atoms with Crippen LogP contribution in [0.15, 0.2) is 72.8 Å². The molecule has 0 radical (unpaired) electrons. The summed E-state index contributed by atoms with van der Waals surface area (Å²) in [5, 5.41) is 0.556. The minimum atomic E-state index is -0.824. The van der Waals surface area contributed by atoms with Crippen LogP contribution >= 0.6 is 11.6 Å². The van der Waals surface area contributed by atoms with E-state index in [1.807, 2.05) is 30.3 Å². The summed E-state index contributed by atoms with van der Waals surface area (Å²) >= 11 is 6.03. The third-order valence-electron chi connectivity index (χ3n) is 5.22. The molecule has 0 bridgehead atoms. The Kier molecular flexibility index (Phi) is 5.82. The van der Waals surface area contributed by atoms with Crippen LogP contribution in [0, 0.1) is 0 Å². The van der Waals surface area contributed by atoms with Crippen LogP contribution in [0.1, 0.15) is 11.6 Å². The molecule has 0 saturated carbocycles.